The van der Waals surface area contributed by atoms with E-state index in [-0.39, 0.29) is 12.4 Å². The van der Waals surface area contributed by atoms with Gasteiger partial charge in [0.15, 0.2) is 0 Å². The fourth-order valence-corrected chi connectivity index (χ4v) is 3.72. The van der Waals surface area contributed by atoms with E-state index in [0.29, 0.717) is 6.04 Å². The minimum atomic E-state index is 0. The summed E-state index contributed by atoms with van der Waals surface area (Å²) >= 11 is 0. The zero-order valence-corrected chi connectivity index (χ0v) is 13.8. The number of pyridine rings is 1. The van der Waals surface area contributed by atoms with Crippen LogP contribution in [0.2, 0.25) is 0 Å². The quantitative estimate of drug-likeness (QED) is 0.929. The molecule has 3 rings (SSSR count). The van der Waals surface area contributed by atoms with Crippen LogP contribution in [0, 0.1) is 11.8 Å². The monoisotopic (exact) mass is 309 g/mol. The van der Waals surface area contributed by atoms with Gasteiger partial charge in [-0.05, 0) is 42.4 Å². The molecule has 1 aromatic rings. The Morgan fingerprint density at radius 3 is 2.62 bits per heavy atom. The summed E-state index contributed by atoms with van der Waals surface area (Å²) in [6.45, 7) is 7.07. The van der Waals surface area contributed by atoms with Gasteiger partial charge in [0.1, 0.15) is 0 Å². The van der Waals surface area contributed by atoms with Crippen LogP contribution in [0.1, 0.15) is 44.2 Å². The Hall–Kier alpha value is -0.640. The molecule has 118 valence electrons. The third-order valence-electron chi connectivity index (χ3n) is 5.07. The molecule has 1 saturated heterocycles. The van der Waals surface area contributed by atoms with E-state index >= 15 is 0 Å². The Morgan fingerprint density at radius 1 is 1.19 bits per heavy atom. The van der Waals surface area contributed by atoms with Crippen LogP contribution in [0.3, 0.4) is 0 Å². The van der Waals surface area contributed by atoms with Gasteiger partial charge in [0.25, 0.3) is 0 Å². The molecule has 1 unspecified atom stereocenters. The SMILES string of the molecule is CC1CCC(CN2CCNCC2c2ccncc2)CC1.Cl. The Bertz CT molecular complexity index is 404. The van der Waals surface area contributed by atoms with Gasteiger partial charge in [-0.3, -0.25) is 9.88 Å². The number of hydrogen-bond donors (Lipinski definition) is 1. The molecule has 1 aliphatic carbocycles. The summed E-state index contributed by atoms with van der Waals surface area (Å²) in [6.07, 6.45) is 9.55. The third kappa shape index (κ3) is 4.41. The first-order valence-corrected chi connectivity index (χ1v) is 8.17. The Kier molecular flexibility index (Phi) is 6.46. The normalized spacial score (nSPS) is 30.6. The van der Waals surface area contributed by atoms with Gasteiger partial charge in [-0.15, -0.1) is 12.4 Å². The molecule has 0 amide bonds. The standard InChI is InChI=1S/C17H27N3.ClH/c1-14-2-4-15(5-3-14)13-20-11-10-19-12-17(20)16-6-8-18-9-7-16;/h6-9,14-15,17,19H,2-5,10-13H2,1H3;1H. The number of piperazine rings is 1. The van der Waals surface area contributed by atoms with E-state index in [0.717, 1.165) is 24.9 Å². The summed E-state index contributed by atoms with van der Waals surface area (Å²) in [5.74, 6) is 1.86. The Morgan fingerprint density at radius 2 is 1.90 bits per heavy atom. The zero-order chi connectivity index (χ0) is 13.8. The molecule has 1 aliphatic heterocycles. The number of nitrogens with zero attached hydrogens (tertiary/aromatic N) is 2. The molecule has 0 bridgehead atoms. The van der Waals surface area contributed by atoms with Crippen LogP contribution >= 0.6 is 12.4 Å². The summed E-state index contributed by atoms with van der Waals surface area (Å²) in [5, 5.41) is 3.55. The van der Waals surface area contributed by atoms with E-state index in [1.807, 2.05) is 12.4 Å². The maximum Gasteiger partial charge on any atom is 0.0474 e. The molecular formula is C17H28ClN3. The molecule has 3 nitrogen and oxygen atoms in total. The van der Waals surface area contributed by atoms with Crippen molar-refractivity contribution in [3.63, 3.8) is 0 Å². The van der Waals surface area contributed by atoms with Crippen molar-refractivity contribution in [2.24, 2.45) is 11.8 Å². The van der Waals surface area contributed by atoms with Crippen LogP contribution in [-0.2, 0) is 0 Å². The van der Waals surface area contributed by atoms with Crippen LogP contribution in [0.5, 0.6) is 0 Å². The third-order valence-corrected chi connectivity index (χ3v) is 5.07. The molecule has 4 heteroatoms. The number of halogens is 1. The second-order valence-corrected chi connectivity index (χ2v) is 6.62. The summed E-state index contributed by atoms with van der Waals surface area (Å²) in [6, 6.07) is 4.88. The predicted octanol–water partition coefficient (Wildman–Crippen LogP) is 3.28. The summed E-state index contributed by atoms with van der Waals surface area (Å²) in [7, 11) is 0. The van der Waals surface area contributed by atoms with E-state index in [2.05, 4.69) is 34.3 Å². The molecule has 0 aromatic carbocycles. The van der Waals surface area contributed by atoms with Crippen molar-refractivity contribution in [2.45, 2.75) is 38.6 Å². The first-order valence-electron chi connectivity index (χ1n) is 8.17. The average Bonchev–Trinajstić information content (AvgIpc) is 2.51. The predicted molar refractivity (Wildman–Crippen MR) is 89.8 cm³/mol. The molecule has 2 heterocycles. The van der Waals surface area contributed by atoms with Crippen LogP contribution in [0.4, 0.5) is 0 Å². The van der Waals surface area contributed by atoms with Gasteiger partial charge in [-0.2, -0.15) is 0 Å². The van der Waals surface area contributed by atoms with Crippen molar-refractivity contribution >= 4 is 12.4 Å². The number of aromatic nitrogens is 1. The first-order chi connectivity index (χ1) is 9.83. The number of nitrogens with one attached hydrogen (secondary N) is 1. The number of rotatable bonds is 3. The van der Waals surface area contributed by atoms with Crippen LogP contribution in [0.15, 0.2) is 24.5 Å². The molecule has 2 aliphatic rings. The molecule has 21 heavy (non-hydrogen) atoms. The lowest BCUT2D eigenvalue weighted by atomic mass is 9.82. The van der Waals surface area contributed by atoms with E-state index in [4.69, 9.17) is 0 Å². The van der Waals surface area contributed by atoms with Crippen molar-refractivity contribution in [1.29, 1.82) is 0 Å². The Labute approximate surface area is 134 Å². The van der Waals surface area contributed by atoms with E-state index in [9.17, 15) is 0 Å². The van der Waals surface area contributed by atoms with Crippen molar-refractivity contribution in [2.75, 3.05) is 26.2 Å². The molecule has 1 atom stereocenters. The molecule has 1 saturated carbocycles. The summed E-state index contributed by atoms with van der Waals surface area (Å²) in [4.78, 5) is 6.85. The summed E-state index contributed by atoms with van der Waals surface area (Å²) in [5.41, 5.74) is 1.41. The second-order valence-electron chi connectivity index (χ2n) is 6.62. The lowest BCUT2D eigenvalue weighted by Crippen LogP contribution is -2.47. The van der Waals surface area contributed by atoms with Gasteiger partial charge in [0.2, 0.25) is 0 Å². The highest BCUT2D eigenvalue weighted by molar-refractivity contribution is 5.85. The van der Waals surface area contributed by atoms with Crippen molar-refractivity contribution in [1.82, 2.24) is 15.2 Å². The van der Waals surface area contributed by atoms with Crippen LogP contribution < -0.4 is 5.32 Å². The van der Waals surface area contributed by atoms with Gasteiger partial charge in [0, 0.05) is 44.6 Å². The molecule has 2 fully saturated rings. The second kappa shape index (κ2) is 8.11. The highest BCUT2D eigenvalue weighted by Gasteiger charge is 2.27. The highest BCUT2D eigenvalue weighted by Crippen LogP contribution is 2.31. The van der Waals surface area contributed by atoms with E-state index in [1.165, 1.54) is 44.3 Å². The zero-order valence-electron chi connectivity index (χ0n) is 13.0. The largest absolute Gasteiger partial charge is 0.314 e. The molecular weight excluding hydrogens is 282 g/mol. The smallest absolute Gasteiger partial charge is 0.0474 e. The van der Waals surface area contributed by atoms with Gasteiger partial charge in [-0.25, -0.2) is 0 Å². The van der Waals surface area contributed by atoms with Gasteiger partial charge in [-0.1, -0.05) is 19.8 Å². The van der Waals surface area contributed by atoms with Crippen LogP contribution in [-0.4, -0.2) is 36.1 Å². The van der Waals surface area contributed by atoms with Crippen molar-refractivity contribution < 1.29 is 0 Å². The first kappa shape index (κ1) is 16.7. The molecule has 1 aromatic heterocycles. The maximum absolute atomic E-state index is 4.15. The van der Waals surface area contributed by atoms with E-state index < -0.39 is 0 Å². The molecule has 0 radical (unpaired) electrons. The van der Waals surface area contributed by atoms with Crippen LogP contribution in [0.25, 0.3) is 0 Å². The average molecular weight is 310 g/mol. The Balaban J connectivity index is 0.00000161. The van der Waals surface area contributed by atoms with Gasteiger partial charge < -0.3 is 5.32 Å². The number of hydrogen-bond acceptors (Lipinski definition) is 3. The molecule has 0 spiro atoms. The van der Waals surface area contributed by atoms with E-state index in [1.54, 1.807) is 0 Å². The summed E-state index contributed by atoms with van der Waals surface area (Å²) < 4.78 is 0. The molecule has 1 N–H and O–H groups in total. The minimum Gasteiger partial charge on any atom is -0.314 e. The van der Waals surface area contributed by atoms with Crippen molar-refractivity contribution in [3.8, 4) is 0 Å². The minimum absolute atomic E-state index is 0. The fourth-order valence-electron chi connectivity index (χ4n) is 3.72. The topological polar surface area (TPSA) is 28.2 Å². The highest BCUT2D eigenvalue weighted by atomic mass is 35.5. The fraction of sp³-hybridized carbons (Fsp3) is 0.706. The lowest BCUT2D eigenvalue weighted by Gasteiger charge is -2.39. The van der Waals surface area contributed by atoms with Gasteiger partial charge in [0.05, 0.1) is 0 Å². The van der Waals surface area contributed by atoms with Gasteiger partial charge >= 0.3 is 0 Å². The maximum atomic E-state index is 4.15. The lowest BCUT2D eigenvalue weighted by molar-refractivity contribution is 0.117. The van der Waals surface area contributed by atoms with Crippen molar-refractivity contribution in [3.05, 3.63) is 30.1 Å².